The van der Waals surface area contributed by atoms with Gasteiger partial charge >= 0.3 is 0 Å². The summed E-state index contributed by atoms with van der Waals surface area (Å²) in [5, 5.41) is 21.5. The first kappa shape index (κ1) is 11.4. The molecule has 88 valence electrons. The van der Waals surface area contributed by atoms with Crippen molar-refractivity contribution in [3.8, 4) is 0 Å². The normalized spacial score (nSPS) is 9.94. The number of aromatic nitrogens is 4. The Labute approximate surface area is 101 Å². The highest BCUT2D eigenvalue weighted by Gasteiger charge is 2.11. The first-order chi connectivity index (χ1) is 8.29. The van der Waals surface area contributed by atoms with Crippen molar-refractivity contribution in [1.82, 2.24) is 25.7 Å². The maximum absolute atomic E-state index is 11.7. The lowest BCUT2D eigenvalue weighted by molar-refractivity contribution is 0.0949. The average molecular weight is 250 g/mol. The number of carbonyl (C=O) groups is 1. The van der Waals surface area contributed by atoms with Gasteiger partial charge in [0, 0.05) is 13.2 Å². The fourth-order valence-corrected chi connectivity index (χ4v) is 1.70. The predicted octanol–water partition coefficient (Wildman–Crippen LogP) is 0.300. The molecule has 2 aromatic heterocycles. The van der Waals surface area contributed by atoms with E-state index in [0.29, 0.717) is 22.4 Å². The van der Waals surface area contributed by atoms with Gasteiger partial charge in [0.05, 0.1) is 12.2 Å². The molecule has 8 heteroatoms. The Bertz CT molecular complexity index is 499. The Hall–Kier alpha value is -2.09. The molecule has 2 heterocycles. The molecule has 7 nitrogen and oxygen atoms in total. The predicted molar refractivity (Wildman–Crippen MR) is 62.7 cm³/mol. The lowest BCUT2D eigenvalue weighted by Gasteiger charge is -2.00. The smallest absolute Gasteiger partial charge is 0.282 e. The van der Waals surface area contributed by atoms with Gasteiger partial charge in [-0.05, 0) is 12.1 Å². The molecule has 0 fully saturated rings. The van der Waals surface area contributed by atoms with Crippen LogP contribution in [-0.2, 0) is 6.54 Å². The van der Waals surface area contributed by atoms with Crippen molar-refractivity contribution in [3.05, 3.63) is 29.0 Å². The molecule has 2 rings (SSSR count). The Morgan fingerprint density at radius 1 is 1.41 bits per heavy atom. The van der Waals surface area contributed by atoms with Crippen LogP contribution in [0, 0.1) is 0 Å². The van der Waals surface area contributed by atoms with Gasteiger partial charge in [0.15, 0.2) is 0 Å². The Kier molecular flexibility index (Phi) is 3.55. The van der Waals surface area contributed by atoms with Crippen molar-refractivity contribution in [2.45, 2.75) is 6.54 Å². The summed E-state index contributed by atoms with van der Waals surface area (Å²) in [5.74, 6) is -0.269. The number of anilines is 1. The number of rotatable bonds is 4. The zero-order chi connectivity index (χ0) is 12.1. The fraction of sp³-hybridized carbons (Fsp3) is 0.222. The standard InChI is InChI=1S/C9H10N6OS/c1-10-9-15-14-8(17-9)7(16)11-5-6-3-2-4-12-13-6/h2-4H,5H2,1H3,(H,10,15)(H,11,16). The van der Waals surface area contributed by atoms with Gasteiger partial charge < -0.3 is 10.6 Å². The molecule has 0 spiro atoms. The van der Waals surface area contributed by atoms with Crippen LogP contribution < -0.4 is 10.6 Å². The third-order valence-corrected chi connectivity index (χ3v) is 2.83. The van der Waals surface area contributed by atoms with E-state index < -0.39 is 0 Å². The number of nitrogens with one attached hydrogen (secondary N) is 2. The van der Waals surface area contributed by atoms with Gasteiger partial charge in [-0.25, -0.2) is 0 Å². The van der Waals surface area contributed by atoms with E-state index in [4.69, 9.17) is 0 Å². The van der Waals surface area contributed by atoms with Crippen LogP contribution >= 0.6 is 11.3 Å². The van der Waals surface area contributed by atoms with Gasteiger partial charge in [0.1, 0.15) is 0 Å². The highest BCUT2D eigenvalue weighted by Crippen LogP contribution is 2.13. The SMILES string of the molecule is CNc1nnc(C(=O)NCc2cccnn2)s1. The van der Waals surface area contributed by atoms with Gasteiger partial charge in [-0.3, -0.25) is 4.79 Å². The molecule has 1 amide bonds. The van der Waals surface area contributed by atoms with Crippen LogP contribution in [0.2, 0.25) is 0 Å². The van der Waals surface area contributed by atoms with Crippen LogP contribution in [0.4, 0.5) is 5.13 Å². The van der Waals surface area contributed by atoms with Crippen LogP contribution in [0.25, 0.3) is 0 Å². The van der Waals surface area contributed by atoms with Crippen molar-refractivity contribution in [2.75, 3.05) is 12.4 Å². The molecule has 0 radical (unpaired) electrons. The van der Waals surface area contributed by atoms with E-state index >= 15 is 0 Å². The molecule has 17 heavy (non-hydrogen) atoms. The van der Waals surface area contributed by atoms with E-state index in [1.54, 1.807) is 25.4 Å². The maximum Gasteiger partial charge on any atom is 0.282 e. The average Bonchev–Trinajstić information content (AvgIpc) is 2.86. The third kappa shape index (κ3) is 2.94. The summed E-state index contributed by atoms with van der Waals surface area (Å²) in [6.45, 7) is 0.321. The van der Waals surface area contributed by atoms with Gasteiger partial charge in [0.25, 0.3) is 5.91 Å². The number of amides is 1. The monoisotopic (exact) mass is 250 g/mol. The number of hydrogen-bond acceptors (Lipinski definition) is 7. The van der Waals surface area contributed by atoms with Gasteiger partial charge in [0.2, 0.25) is 10.1 Å². The first-order valence-electron chi connectivity index (χ1n) is 4.85. The summed E-state index contributed by atoms with van der Waals surface area (Å²) in [4.78, 5) is 11.7. The van der Waals surface area contributed by atoms with Crippen LogP contribution in [0.3, 0.4) is 0 Å². The Balaban J connectivity index is 1.93. The molecule has 0 saturated heterocycles. The molecule has 2 N–H and O–H groups in total. The van der Waals surface area contributed by atoms with E-state index in [0.717, 1.165) is 0 Å². The Morgan fingerprint density at radius 3 is 2.94 bits per heavy atom. The molecular weight excluding hydrogens is 240 g/mol. The molecule has 0 aliphatic carbocycles. The number of carbonyl (C=O) groups excluding carboxylic acids is 1. The summed E-state index contributed by atoms with van der Waals surface area (Å²) in [6.07, 6.45) is 1.58. The lowest BCUT2D eigenvalue weighted by atomic mass is 10.4. The largest absolute Gasteiger partial charge is 0.363 e. The van der Waals surface area contributed by atoms with E-state index in [1.165, 1.54) is 11.3 Å². The Morgan fingerprint density at radius 2 is 2.29 bits per heavy atom. The topological polar surface area (TPSA) is 92.7 Å². The molecule has 0 aliphatic rings. The summed E-state index contributed by atoms with van der Waals surface area (Å²) >= 11 is 1.19. The van der Waals surface area contributed by atoms with E-state index in [2.05, 4.69) is 31.0 Å². The molecule has 0 saturated carbocycles. The highest BCUT2D eigenvalue weighted by molar-refractivity contribution is 7.17. The van der Waals surface area contributed by atoms with E-state index in [9.17, 15) is 4.79 Å². The minimum Gasteiger partial charge on any atom is -0.363 e. The fourth-order valence-electron chi connectivity index (χ4n) is 1.09. The summed E-state index contributed by atoms with van der Waals surface area (Å²) < 4.78 is 0. The van der Waals surface area contributed by atoms with Crippen LogP contribution in [0.15, 0.2) is 18.3 Å². The third-order valence-electron chi connectivity index (χ3n) is 1.89. The van der Waals surface area contributed by atoms with Crippen molar-refractivity contribution >= 4 is 22.4 Å². The van der Waals surface area contributed by atoms with Gasteiger partial charge in [-0.2, -0.15) is 10.2 Å². The van der Waals surface area contributed by atoms with Crippen molar-refractivity contribution in [3.63, 3.8) is 0 Å². The maximum atomic E-state index is 11.7. The zero-order valence-electron chi connectivity index (χ0n) is 9.04. The number of nitrogens with zero attached hydrogens (tertiary/aromatic N) is 4. The first-order valence-corrected chi connectivity index (χ1v) is 5.67. The van der Waals surface area contributed by atoms with Gasteiger partial charge in [-0.1, -0.05) is 11.3 Å². The summed E-state index contributed by atoms with van der Waals surface area (Å²) in [6, 6.07) is 3.55. The highest BCUT2D eigenvalue weighted by atomic mass is 32.1. The van der Waals surface area contributed by atoms with Gasteiger partial charge in [-0.15, -0.1) is 10.2 Å². The zero-order valence-corrected chi connectivity index (χ0v) is 9.86. The minimum absolute atomic E-state index is 0.269. The second-order valence-corrected chi connectivity index (χ2v) is 4.04. The molecule has 0 bridgehead atoms. The van der Waals surface area contributed by atoms with Crippen LogP contribution in [0.5, 0.6) is 0 Å². The van der Waals surface area contributed by atoms with Crippen LogP contribution in [-0.4, -0.2) is 33.3 Å². The lowest BCUT2D eigenvalue weighted by Crippen LogP contribution is -2.23. The second kappa shape index (κ2) is 5.30. The molecular formula is C9H10N6OS. The molecule has 2 aromatic rings. The summed E-state index contributed by atoms with van der Waals surface area (Å²) in [7, 11) is 1.72. The second-order valence-electron chi connectivity index (χ2n) is 3.06. The van der Waals surface area contributed by atoms with Crippen molar-refractivity contribution in [2.24, 2.45) is 0 Å². The van der Waals surface area contributed by atoms with Crippen molar-refractivity contribution < 1.29 is 4.79 Å². The van der Waals surface area contributed by atoms with E-state index in [1.807, 2.05) is 0 Å². The molecule has 0 aliphatic heterocycles. The minimum atomic E-state index is -0.269. The summed E-state index contributed by atoms with van der Waals surface area (Å²) in [5.41, 5.74) is 0.694. The van der Waals surface area contributed by atoms with E-state index in [-0.39, 0.29) is 5.91 Å². The molecule has 0 atom stereocenters. The quantitative estimate of drug-likeness (QED) is 0.810. The van der Waals surface area contributed by atoms with Crippen LogP contribution in [0.1, 0.15) is 15.5 Å². The molecule has 0 unspecified atom stereocenters. The van der Waals surface area contributed by atoms with Crippen molar-refractivity contribution in [1.29, 1.82) is 0 Å². The number of hydrogen-bond donors (Lipinski definition) is 2. The molecule has 0 aromatic carbocycles.